The highest BCUT2D eigenvalue weighted by molar-refractivity contribution is 5.98. The van der Waals surface area contributed by atoms with Crippen LogP contribution in [0.4, 0.5) is 0 Å². The van der Waals surface area contributed by atoms with E-state index in [1.165, 1.54) is 10.6 Å². The molecule has 2 aromatic carbocycles. The monoisotopic (exact) mass is 407 g/mol. The van der Waals surface area contributed by atoms with Crippen molar-refractivity contribution in [1.29, 1.82) is 5.41 Å². The fraction of sp³-hybridized carbons (Fsp3) is 0.273. The molecule has 3 rings (SSSR count). The highest BCUT2D eigenvalue weighted by Crippen LogP contribution is 2.38. The number of aromatic nitrogens is 3. The van der Waals surface area contributed by atoms with Crippen molar-refractivity contribution in [2.45, 2.75) is 39.5 Å². The standard InChI is InChI=1S/C22H25N5O3/c1-4-5-17(23)13-6-8-14(9-7-13)27-21(25-26-22(27)20(24)30)16-10-15(12(2)3)18(28)11-19(16)29/h6-12,23,28-29H,4-5H2,1-3H3,(H2,24,30). The van der Waals surface area contributed by atoms with Crippen LogP contribution in [0.2, 0.25) is 0 Å². The van der Waals surface area contributed by atoms with Gasteiger partial charge in [-0.15, -0.1) is 10.2 Å². The van der Waals surface area contributed by atoms with Gasteiger partial charge in [0.25, 0.3) is 5.91 Å². The third kappa shape index (κ3) is 3.89. The molecule has 3 aromatic rings. The number of primary amides is 1. The molecule has 30 heavy (non-hydrogen) atoms. The molecule has 1 amide bonds. The maximum Gasteiger partial charge on any atom is 0.287 e. The smallest absolute Gasteiger partial charge is 0.287 e. The van der Waals surface area contributed by atoms with Gasteiger partial charge >= 0.3 is 0 Å². The molecule has 8 nitrogen and oxygen atoms in total. The zero-order valence-corrected chi connectivity index (χ0v) is 17.2. The van der Waals surface area contributed by atoms with Gasteiger partial charge in [0.1, 0.15) is 11.5 Å². The van der Waals surface area contributed by atoms with Crippen LogP contribution < -0.4 is 5.73 Å². The summed E-state index contributed by atoms with van der Waals surface area (Å²) in [5, 5.41) is 36.7. The van der Waals surface area contributed by atoms with Crippen molar-refractivity contribution in [3.8, 4) is 28.6 Å². The van der Waals surface area contributed by atoms with Crippen molar-refractivity contribution in [3.05, 3.63) is 53.3 Å². The summed E-state index contributed by atoms with van der Waals surface area (Å²) in [6, 6.07) is 9.96. The maximum absolute atomic E-state index is 12.0. The lowest BCUT2D eigenvalue weighted by Gasteiger charge is -2.14. The Hall–Kier alpha value is -3.68. The summed E-state index contributed by atoms with van der Waals surface area (Å²) in [6.07, 6.45) is 1.55. The normalized spacial score (nSPS) is 11.1. The molecule has 0 unspecified atom stereocenters. The van der Waals surface area contributed by atoms with Gasteiger partial charge in [0, 0.05) is 17.5 Å². The molecule has 0 saturated heterocycles. The zero-order valence-electron chi connectivity index (χ0n) is 17.2. The van der Waals surface area contributed by atoms with Gasteiger partial charge in [-0.05, 0) is 41.7 Å². The van der Waals surface area contributed by atoms with Crippen LogP contribution in [0.1, 0.15) is 61.3 Å². The summed E-state index contributed by atoms with van der Waals surface area (Å²) in [7, 11) is 0. The molecule has 0 atom stereocenters. The van der Waals surface area contributed by atoms with Gasteiger partial charge in [-0.25, -0.2) is 0 Å². The molecule has 156 valence electrons. The second-order valence-corrected chi connectivity index (χ2v) is 7.41. The molecule has 5 N–H and O–H groups in total. The van der Waals surface area contributed by atoms with Crippen LogP contribution in [0.5, 0.6) is 11.5 Å². The maximum atomic E-state index is 12.0. The Morgan fingerprint density at radius 1 is 1.13 bits per heavy atom. The number of carbonyl (C=O) groups is 1. The van der Waals surface area contributed by atoms with Crippen LogP contribution in [0, 0.1) is 5.41 Å². The second-order valence-electron chi connectivity index (χ2n) is 7.41. The molecule has 8 heteroatoms. The second kappa shape index (κ2) is 8.36. The minimum atomic E-state index is -0.765. The van der Waals surface area contributed by atoms with Crippen LogP contribution in [-0.4, -0.2) is 36.6 Å². The number of nitrogens with two attached hydrogens (primary N) is 1. The Kier molecular flexibility index (Phi) is 5.86. The van der Waals surface area contributed by atoms with E-state index in [2.05, 4.69) is 10.2 Å². The van der Waals surface area contributed by atoms with Crippen LogP contribution in [0.15, 0.2) is 36.4 Å². The first kappa shape index (κ1) is 21.0. The van der Waals surface area contributed by atoms with E-state index in [0.29, 0.717) is 28.9 Å². The van der Waals surface area contributed by atoms with E-state index in [4.69, 9.17) is 11.1 Å². The molecule has 0 spiro atoms. The van der Waals surface area contributed by atoms with E-state index in [-0.39, 0.29) is 29.1 Å². The van der Waals surface area contributed by atoms with E-state index >= 15 is 0 Å². The van der Waals surface area contributed by atoms with Gasteiger partial charge < -0.3 is 21.4 Å². The number of phenolic OH excluding ortho intramolecular Hbond substituents is 2. The first-order chi connectivity index (χ1) is 14.2. The van der Waals surface area contributed by atoms with Crippen molar-refractivity contribution < 1.29 is 15.0 Å². The lowest BCUT2D eigenvalue weighted by molar-refractivity contribution is 0.0988. The minimum Gasteiger partial charge on any atom is -0.508 e. The fourth-order valence-electron chi connectivity index (χ4n) is 3.30. The molecule has 0 fully saturated rings. The van der Waals surface area contributed by atoms with E-state index in [0.717, 1.165) is 12.0 Å². The Labute approximate surface area is 174 Å². The number of carbonyl (C=O) groups excluding carboxylic acids is 1. The largest absolute Gasteiger partial charge is 0.508 e. The zero-order chi connectivity index (χ0) is 22.0. The van der Waals surface area contributed by atoms with E-state index in [1.54, 1.807) is 30.3 Å². The van der Waals surface area contributed by atoms with Crippen LogP contribution in [0.3, 0.4) is 0 Å². The summed E-state index contributed by atoms with van der Waals surface area (Å²) < 4.78 is 1.46. The molecule has 0 aliphatic carbocycles. The van der Waals surface area contributed by atoms with Gasteiger partial charge in [-0.1, -0.05) is 39.3 Å². The van der Waals surface area contributed by atoms with Crippen molar-refractivity contribution >= 4 is 11.6 Å². The number of nitrogens with one attached hydrogen (secondary N) is 1. The average molecular weight is 407 g/mol. The van der Waals surface area contributed by atoms with E-state index < -0.39 is 5.91 Å². The average Bonchev–Trinajstić information content (AvgIpc) is 3.13. The Bertz CT molecular complexity index is 1100. The molecule has 1 aromatic heterocycles. The SMILES string of the molecule is CCCC(=N)c1ccc(-n2c(C(N)=O)nnc2-c2cc(C(C)C)c(O)cc2O)cc1. The molecule has 0 bridgehead atoms. The summed E-state index contributed by atoms with van der Waals surface area (Å²) in [6.45, 7) is 5.85. The first-order valence-corrected chi connectivity index (χ1v) is 9.74. The quantitative estimate of drug-likeness (QED) is 0.442. The number of hydrogen-bond acceptors (Lipinski definition) is 6. The Morgan fingerprint density at radius 2 is 1.80 bits per heavy atom. The van der Waals surface area contributed by atoms with Crippen molar-refractivity contribution in [2.24, 2.45) is 5.73 Å². The summed E-state index contributed by atoms with van der Waals surface area (Å²) in [5.74, 6) is -0.840. The number of hydrogen-bond donors (Lipinski definition) is 4. The lowest BCUT2D eigenvalue weighted by atomic mass is 9.98. The van der Waals surface area contributed by atoms with Gasteiger partial charge in [-0.2, -0.15) is 0 Å². The number of nitrogens with zero attached hydrogens (tertiary/aromatic N) is 3. The molecule has 0 radical (unpaired) electrons. The van der Waals surface area contributed by atoms with Crippen molar-refractivity contribution in [1.82, 2.24) is 14.8 Å². The summed E-state index contributed by atoms with van der Waals surface area (Å²) in [5.41, 5.74) is 8.32. The molecule has 0 aliphatic rings. The lowest BCUT2D eigenvalue weighted by Crippen LogP contribution is -2.18. The Morgan fingerprint density at radius 3 is 2.37 bits per heavy atom. The number of rotatable bonds is 7. The Balaban J connectivity index is 2.18. The predicted molar refractivity (Wildman–Crippen MR) is 114 cm³/mol. The number of phenols is 2. The van der Waals surface area contributed by atoms with Crippen molar-refractivity contribution in [2.75, 3.05) is 0 Å². The molecule has 0 saturated carbocycles. The van der Waals surface area contributed by atoms with Crippen LogP contribution in [0.25, 0.3) is 17.1 Å². The van der Waals surface area contributed by atoms with Gasteiger partial charge in [-0.3, -0.25) is 9.36 Å². The van der Waals surface area contributed by atoms with E-state index in [9.17, 15) is 15.0 Å². The fourth-order valence-corrected chi connectivity index (χ4v) is 3.30. The van der Waals surface area contributed by atoms with Crippen LogP contribution in [-0.2, 0) is 0 Å². The highest BCUT2D eigenvalue weighted by atomic mass is 16.3. The third-order valence-corrected chi connectivity index (χ3v) is 4.87. The van der Waals surface area contributed by atoms with Gasteiger partial charge in [0.2, 0.25) is 5.82 Å². The predicted octanol–water partition coefficient (Wildman–Crippen LogP) is 3.74. The van der Waals surface area contributed by atoms with Crippen molar-refractivity contribution in [3.63, 3.8) is 0 Å². The number of benzene rings is 2. The van der Waals surface area contributed by atoms with Gasteiger partial charge in [0.15, 0.2) is 5.82 Å². The molecule has 1 heterocycles. The molecular formula is C22H25N5O3. The minimum absolute atomic E-state index is 0.000179. The number of amides is 1. The highest BCUT2D eigenvalue weighted by Gasteiger charge is 2.23. The summed E-state index contributed by atoms with van der Waals surface area (Å²) in [4.78, 5) is 12.0. The molecular weight excluding hydrogens is 382 g/mol. The van der Waals surface area contributed by atoms with Gasteiger partial charge in [0.05, 0.1) is 5.56 Å². The first-order valence-electron chi connectivity index (χ1n) is 9.74. The van der Waals surface area contributed by atoms with Crippen LogP contribution >= 0.6 is 0 Å². The third-order valence-electron chi connectivity index (χ3n) is 4.87. The number of aromatic hydroxyl groups is 2. The summed E-state index contributed by atoms with van der Waals surface area (Å²) >= 11 is 0. The topological polar surface area (TPSA) is 138 Å². The van der Waals surface area contributed by atoms with E-state index in [1.807, 2.05) is 20.8 Å². The molecule has 0 aliphatic heterocycles.